The monoisotopic (exact) mass is 222 g/mol. The lowest BCUT2D eigenvalue weighted by Gasteiger charge is -2.05. The number of hydrogen-bond donors (Lipinski definition) is 2. The van der Waals surface area contributed by atoms with Crippen LogP contribution in [0.4, 0.5) is 13.2 Å². The van der Waals surface area contributed by atoms with Crippen LogP contribution >= 0.6 is 0 Å². The predicted molar refractivity (Wildman–Crippen MR) is 44.3 cm³/mol. The van der Waals surface area contributed by atoms with E-state index in [1.807, 2.05) is 0 Å². The summed E-state index contributed by atoms with van der Waals surface area (Å²) in [7, 11) is 0. The molecule has 0 aliphatic carbocycles. The van der Waals surface area contributed by atoms with E-state index >= 15 is 0 Å². The first-order chi connectivity index (χ1) is 6.82. The number of aromatic amines is 1. The van der Waals surface area contributed by atoms with E-state index < -0.39 is 17.8 Å². The Morgan fingerprint density at radius 2 is 2.13 bits per heavy atom. The van der Waals surface area contributed by atoms with Gasteiger partial charge in [0.25, 0.3) is 0 Å². The molecule has 1 heterocycles. The van der Waals surface area contributed by atoms with Crippen LogP contribution < -0.4 is 0 Å². The summed E-state index contributed by atoms with van der Waals surface area (Å²) < 4.78 is 37.1. The summed E-state index contributed by atoms with van der Waals surface area (Å²) in [5.74, 6) is -1.14. The van der Waals surface area contributed by atoms with Crippen molar-refractivity contribution in [2.45, 2.75) is 25.9 Å². The van der Waals surface area contributed by atoms with E-state index in [2.05, 4.69) is 10.2 Å². The quantitative estimate of drug-likeness (QED) is 0.818. The molecule has 0 unspecified atom stereocenters. The van der Waals surface area contributed by atoms with Gasteiger partial charge < -0.3 is 5.11 Å². The summed E-state index contributed by atoms with van der Waals surface area (Å²) in [6.45, 7) is 1.43. The van der Waals surface area contributed by atoms with Crippen LogP contribution in [0.5, 0.6) is 0 Å². The van der Waals surface area contributed by atoms with Gasteiger partial charge in [0.1, 0.15) is 0 Å². The second kappa shape index (κ2) is 3.92. The van der Waals surface area contributed by atoms with Crippen molar-refractivity contribution in [3.05, 3.63) is 17.0 Å². The Labute approximate surface area is 83.1 Å². The molecule has 1 rings (SSSR count). The molecule has 1 aromatic rings. The highest BCUT2D eigenvalue weighted by atomic mass is 19.4. The van der Waals surface area contributed by atoms with E-state index in [-0.39, 0.29) is 24.1 Å². The van der Waals surface area contributed by atoms with Gasteiger partial charge in [-0.1, -0.05) is 0 Å². The molecule has 2 N–H and O–H groups in total. The van der Waals surface area contributed by atoms with Crippen LogP contribution in [0.25, 0.3) is 0 Å². The molecule has 0 saturated carbocycles. The van der Waals surface area contributed by atoms with Crippen molar-refractivity contribution in [2.75, 3.05) is 0 Å². The number of aliphatic carboxylic acids is 1. The average Bonchev–Trinajstić information content (AvgIpc) is 2.42. The maximum Gasteiger partial charge on any atom is 0.435 e. The zero-order valence-corrected chi connectivity index (χ0v) is 7.85. The fourth-order valence-corrected chi connectivity index (χ4v) is 1.22. The molecule has 0 amide bonds. The predicted octanol–water partition coefficient (Wildman–Crippen LogP) is 1.75. The minimum absolute atomic E-state index is 0.0788. The Hall–Kier alpha value is -1.53. The molecule has 0 aromatic carbocycles. The molecule has 0 fully saturated rings. The third-order valence-electron chi connectivity index (χ3n) is 1.93. The number of rotatable bonds is 3. The Bertz CT molecular complexity index is 370. The molecular formula is C8H9F3N2O2. The van der Waals surface area contributed by atoms with Gasteiger partial charge in [0.2, 0.25) is 0 Å². The van der Waals surface area contributed by atoms with E-state index in [1.54, 1.807) is 0 Å². The fraction of sp³-hybridized carbons (Fsp3) is 0.500. The number of hydrogen-bond acceptors (Lipinski definition) is 2. The van der Waals surface area contributed by atoms with Gasteiger partial charge in [-0.3, -0.25) is 9.89 Å². The summed E-state index contributed by atoms with van der Waals surface area (Å²) in [6.07, 6.45) is -5.06. The first-order valence-electron chi connectivity index (χ1n) is 4.15. The Balaban J connectivity index is 2.95. The van der Waals surface area contributed by atoms with Crippen molar-refractivity contribution in [2.24, 2.45) is 0 Å². The van der Waals surface area contributed by atoms with Crippen LogP contribution in [0.1, 0.15) is 23.4 Å². The Morgan fingerprint density at radius 3 is 2.60 bits per heavy atom. The number of nitrogens with zero attached hydrogens (tertiary/aromatic N) is 1. The average molecular weight is 222 g/mol. The van der Waals surface area contributed by atoms with E-state index in [4.69, 9.17) is 5.11 Å². The molecule has 1 aromatic heterocycles. The zero-order chi connectivity index (χ0) is 11.6. The Kier molecular flexibility index (Phi) is 3.01. The molecule has 0 aliphatic rings. The van der Waals surface area contributed by atoms with E-state index in [9.17, 15) is 18.0 Å². The third kappa shape index (κ3) is 2.71. The van der Waals surface area contributed by atoms with E-state index in [0.29, 0.717) is 0 Å². The molecule has 4 nitrogen and oxygen atoms in total. The van der Waals surface area contributed by atoms with Crippen LogP contribution in [0.15, 0.2) is 0 Å². The summed E-state index contributed by atoms with van der Waals surface area (Å²) in [6, 6.07) is 0. The summed E-state index contributed by atoms with van der Waals surface area (Å²) in [4.78, 5) is 10.3. The van der Waals surface area contributed by atoms with Gasteiger partial charge in [0.05, 0.1) is 0 Å². The van der Waals surface area contributed by atoms with Crippen molar-refractivity contribution >= 4 is 5.97 Å². The first-order valence-corrected chi connectivity index (χ1v) is 4.15. The fourth-order valence-electron chi connectivity index (χ4n) is 1.22. The number of halogens is 3. The van der Waals surface area contributed by atoms with E-state index in [0.717, 1.165) is 0 Å². The van der Waals surface area contributed by atoms with Crippen molar-refractivity contribution in [3.8, 4) is 0 Å². The van der Waals surface area contributed by atoms with Gasteiger partial charge in [0.15, 0.2) is 5.69 Å². The number of carboxylic acids is 1. The highest BCUT2D eigenvalue weighted by molar-refractivity contribution is 5.67. The molecule has 0 saturated heterocycles. The SMILES string of the molecule is Cc1[nH]nc(C(F)(F)F)c1CCC(=O)O. The van der Waals surface area contributed by atoms with Crippen molar-refractivity contribution in [3.63, 3.8) is 0 Å². The number of aryl methyl sites for hydroxylation is 1. The van der Waals surface area contributed by atoms with Gasteiger partial charge in [-0.15, -0.1) is 0 Å². The topological polar surface area (TPSA) is 66.0 Å². The number of alkyl halides is 3. The minimum Gasteiger partial charge on any atom is -0.481 e. The molecule has 0 bridgehead atoms. The number of aromatic nitrogens is 2. The van der Waals surface area contributed by atoms with E-state index in [1.165, 1.54) is 6.92 Å². The number of H-pyrrole nitrogens is 1. The van der Waals surface area contributed by atoms with Crippen LogP contribution in [-0.2, 0) is 17.4 Å². The second-order valence-corrected chi connectivity index (χ2v) is 3.07. The number of nitrogens with one attached hydrogen (secondary N) is 1. The normalized spacial score (nSPS) is 11.7. The van der Waals surface area contributed by atoms with Crippen LogP contribution in [0.2, 0.25) is 0 Å². The standard InChI is InChI=1S/C8H9F3N2O2/c1-4-5(2-3-6(14)15)7(13-12-4)8(9,10)11/h2-3H2,1H3,(H,12,13)(H,14,15). The lowest BCUT2D eigenvalue weighted by molar-refractivity contribution is -0.142. The van der Waals surface area contributed by atoms with Crippen molar-refractivity contribution in [1.82, 2.24) is 10.2 Å². The lowest BCUT2D eigenvalue weighted by Crippen LogP contribution is -2.10. The third-order valence-corrected chi connectivity index (χ3v) is 1.93. The van der Waals surface area contributed by atoms with Gasteiger partial charge in [0, 0.05) is 17.7 Å². The summed E-state index contributed by atoms with van der Waals surface area (Å²) >= 11 is 0. The molecule has 7 heteroatoms. The molecular weight excluding hydrogens is 213 g/mol. The van der Waals surface area contributed by atoms with Crippen LogP contribution in [-0.4, -0.2) is 21.3 Å². The zero-order valence-electron chi connectivity index (χ0n) is 7.85. The van der Waals surface area contributed by atoms with Gasteiger partial charge in [-0.25, -0.2) is 0 Å². The molecule has 0 atom stereocenters. The highest BCUT2D eigenvalue weighted by Crippen LogP contribution is 2.31. The van der Waals surface area contributed by atoms with Gasteiger partial charge in [-0.2, -0.15) is 18.3 Å². The largest absolute Gasteiger partial charge is 0.481 e. The van der Waals surface area contributed by atoms with Gasteiger partial charge in [-0.05, 0) is 13.3 Å². The van der Waals surface area contributed by atoms with Crippen molar-refractivity contribution < 1.29 is 23.1 Å². The molecule has 15 heavy (non-hydrogen) atoms. The minimum atomic E-state index is -4.54. The molecule has 0 spiro atoms. The van der Waals surface area contributed by atoms with Crippen LogP contribution in [0.3, 0.4) is 0 Å². The lowest BCUT2D eigenvalue weighted by atomic mass is 10.1. The van der Waals surface area contributed by atoms with Crippen molar-refractivity contribution in [1.29, 1.82) is 0 Å². The second-order valence-electron chi connectivity index (χ2n) is 3.07. The Morgan fingerprint density at radius 1 is 1.53 bits per heavy atom. The smallest absolute Gasteiger partial charge is 0.435 e. The van der Waals surface area contributed by atoms with Gasteiger partial charge >= 0.3 is 12.1 Å². The summed E-state index contributed by atoms with van der Waals surface area (Å²) in [5, 5.41) is 13.7. The number of carbonyl (C=O) groups is 1. The number of carboxylic acid groups (broad SMARTS) is 1. The molecule has 84 valence electrons. The molecule has 0 radical (unpaired) electrons. The maximum absolute atomic E-state index is 12.4. The van der Waals surface area contributed by atoms with Crippen LogP contribution in [0, 0.1) is 6.92 Å². The summed E-state index contributed by atoms with van der Waals surface area (Å²) in [5.41, 5.74) is -0.852. The highest BCUT2D eigenvalue weighted by Gasteiger charge is 2.37. The first kappa shape index (κ1) is 11.5. The maximum atomic E-state index is 12.4. The molecule has 0 aliphatic heterocycles.